The lowest BCUT2D eigenvalue weighted by Gasteiger charge is -2.30. The molecule has 0 N–H and O–H groups in total. The van der Waals surface area contributed by atoms with Crippen LogP contribution in [0, 0.1) is 5.95 Å². The molecule has 21 heavy (non-hydrogen) atoms. The van der Waals surface area contributed by atoms with Gasteiger partial charge in [0.15, 0.2) is 11.5 Å². The van der Waals surface area contributed by atoms with E-state index in [1.165, 1.54) is 11.6 Å². The number of methoxy groups -OCH3 is 2. The van der Waals surface area contributed by atoms with Crippen molar-refractivity contribution < 1.29 is 13.9 Å². The molecule has 0 saturated heterocycles. The van der Waals surface area contributed by atoms with E-state index in [0.29, 0.717) is 18.1 Å². The summed E-state index contributed by atoms with van der Waals surface area (Å²) in [5.41, 5.74) is 2.39. The Morgan fingerprint density at radius 2 is 1.81 bits per heavy atom. The van der Waals surface area contributed by atoms with E-state index in [9.17, 15) is 4.39 Å². The molecule has 1 aromatic carbocycles. The molecular weight excluding hydrogens is 271 g/mol. The normalized spacial score (nSPS) is 13.8. The van der Waals surface area contributed by atoms with Gasteiger partial charge in [-0.15, -0.1) is 0 Å². The molecule has 2 heterocycles. The van der Waals surface area contributed by atoms with Crippen molar-refractivity contribution in [1.82, 2.24) is 4.98 Å². The largest absolute Gasteiger partial charge is 0.493 e. The molecule has 1 aliphatic rings. The molecule has 0 saturated carbocycles. The third-order valence-electron chi connectivity index (χ3n) is 3.74. The van der Waals surface area contributed by atoms with E-state index in [2.05, 4.69) is 9.88 Å². The first-order chi connectivity index (χ1) is 10.2. The number of benzene rings is 1. The van der Waals surface area contributed by atoms with Crippen LogP contribution in [-0.2, 0) is 13.0 Å². The molecule has 0 aliphatic carbocycles. The Morgan fingerprint density at radius 3 is 2.48 bits per heavy atom. The molecular formula is C16H17FN2O2. The van der Waals surface area contributed by atoms with Gasteiger partial charge in [-0.1, -0.05) is 6.07 Å². The van der Waals surface area contributed by atoms with Crippen molar-refractivity contribution in [3.63, 3.8) is 0 Å². The minimum atomic E-state index is -0.453. The minimum absolute atomic E-state index is 0.453. The zero-order chi connectivity index (χ0) is 14.8. The molecule has 0 spiro atoms. The van der Waals surface area contributed by atoms with E-state index < -0.39 is 5.95 Å². The highest BCUT2D eigenvalue weighted by Crippen LogP contribution is 2.34. The third-order valence-corrected chi connectivity index (χ3v) is 3.74. The highest BCUT2D eigenvalue weighted by molar-refractivity contribution is 5.51. The summed E-state index contributed by atoms with van der Waals surface area (Å²) in [6.07, 6.45) is 0.869. The molecule has 1 aliphatic heterocycles. The first kappa shape index (κ1) is 13.7. The van der Waals surface area contributed by atoms with Crippen molar-refractivity contribution in [2.45, 2.75) is 13.0 Å². The van der Waals surface area contributed by atoms with Gasteiger partial charge in [-0.25, -0.2) is 4.98 Å². The van der Waals surface area contributed by atoms with Gasteiger partial charge >= 0.3 is 0 Å². The summed E-state index contributed by atoms with van der Waals surface area (Å²) in [6, 6.07) is 8.87. The fourth-order valence-corrected chi connectivity index (χ4v) is 2.65. The Hall–Kier alpha value is -2.30. The summed E-state index contributed by atoms with van der Waals surface area (Å²) >= 11 is 0. The number of anilines is 1. The number of hydrogen-bond acceptors (Lipinski definition) is 4. The smallest absolute Gasteiger partial charge is 0.214 e. The summed E-state index contributed by atoms with van der Waals surface area (Å²) < 4.78 is 23.9. The van der Waals surface area contributed by atoms with Crippen LogP contribution in [0.5, 0.6) is 11.5 Å². The van der Waals surface area contributed by atoms with Crippen LogP contribution in [-0.4, -0.2) is 25.7 Å². The Morgan fingerprint density at radius 1 is 1.10 bits per heavy atom. The molecule has 0 amide bonds. The number of fused-ring (bicyclic) bond motifs is 1. The van der Waals surface area contributed by atoms with Gasteiger partial charge in [0.2, 0.25) is 5.95 Å². The fraction of sp³-hybridized carbons (Fsp3) is 0.312. The Labute approximate surface area is 123 Å². The van der Waals surface area contributed by atoms with Gasteiger partial charge in [0.25, 0.3) is 0 Å². The van der Waals surface area contributed by atoms with E-state index in [4.69, 9.17) is 9.47 Å². The summed E-state index contributed by atoms with van der Waals surface area (Å²) in [7, 11) is 3.26. The first-order valence-electron chi connectivity index (χ1n) is 6.82. The molecule has 0 unspecified atom stereocenters. The number of halogens is 1. The lowest BCUT2D eigenvalue weighted by molar-refractivity contribution is 0.353. The van der Waals surface area contributed by atoms with Crippen molar-refractivity contribution in [2.75, 3.05) is 25.7 Å². The summed E-state index contributed by atoms with van der Waals surface area (Å²) in [4.78, 5) is 6.02. The van der Waals surface area contributed by atoms with E-state index >= 15 is 0 Å². The van der Waals surface area contributed by atoms with Crippen LogP contribution in [0.3, 0.4) is 0 Å². The second-order valence-electron chi connectivity index (χ2n) is 4.97. The van der Waals surface area contributed by atoms with Crippen molar-refractivity contribution >= 4 is 5.82 Å². The second kappa shape index (κ2) is 5.60. The van der Waals surface area contributed by atoms with Crippen LogP contribution in [0.4, 0.5) is 10.2 Å². The number of ether oxygens (including phenoxy) is 2. The Balaban J connectivity index is 1.91. The molecule has 0 fully saturated rings. The fourth-order valence-electron chi connectivity index (χ4n) is 2.65. The van der Waals surface area contributed by atoms with Gasteiger partial charge in [0.05, 0.1) is 14.2 Å². The van der Waals surface area contributed by atoms with E-state index in [-0.39, 0.29) is 0 Å². The molecule has 0 radical (unpaired) electrons. The van der Waals surface area contributed by atoms with E-state index in [0.717, 1.165) is 24.3 Å². The maximum Gasteiger partial charge on any atom is 0.214 e. The predicted octanol–water partition coefficient (Wildman–Crippen LogP) is 2.80. The van der Waals surface area contributed by atoms with Gasteiger partial charge in [-0.2, -0.15) is 4.39 Å². The molecule has 0 atom stereocenters. The van der Waals surface area contributed by atoms with Crippen LogP contribution in [0.2, 0.25) is 0 Å². The number of hydrogen-bond donors (Lipinski definition) is 0. The minimum Gasteiger partial charge on any atom is -0.493 e. The zero-order valence-electron chi connectivity index (χ0n) is 12.1. The average Bonchev–Trinajstić information content (AvgIpc) is 2.53. The van der Waals surface area contributed by atoms with Crippen LogP contribution in [0.1, 0.15) is 11.1 Å². The van der Waals surface area contributed by atoms with Crippen molar-refractivity contribution in [3.8, 4) is 11.5 Å². The molecule has 1 aromatic heterocycles. The van der Waals surface area contributed by atoms with Gasteiger partial charge < -0.3 is 14.4 Å². The maximum atomic E-state index is 13.3. The monoisotopic (exact) mass is 288 g/mol. The average molecular weight is 288 g/mol. The number of aromatic nitrogens is 1. The number of pyridine rings is 1. The molecule has 2 aromatic rings. The Bertz CT molecular complexity index is 661. The quantitative estimate of drug-likeness (QED) is 0.813. The predicted molar refractivity (Wildman–Crippen MR) is 78.5 cm³/mol. The molecule has 0 bridgehead atoms. The summed E-state index contributed by atoms with van der Waals surface area (Å²) in [6.45, 7) is 1.49. The van der Waals surface area contributed by atoms with Crippen LogP contribution >= 0.6 is 0 Å². The lowest BCUT2D eigenvalue weighted by atomic mass is 9.99. The maximum absolute atomic E-state index is 13.3. The summed E-state index contributed by atoms with van der Waals surface area (Å²) in [5.74, 6) is 1.67. The van der Waals surface area contributed by atoms with Crippen molar-refractivity contribution in [3.05, 3.63) is 47.4 Å². The van der Waals surface area contributed by atoms with Crippen molar-refractivity contribution in [1.29, 1.82) is 0 Å². The molecule has 3 rings (SSSR count). The van der Waals surface area contributed by atoms with Gasteiger partial charge in [0, 0.05) is 13.1 Å². The van der Waals surface area contributed by atoms with Crippen LogP contribution < -0.4 is 14.4 Å². The standard InChI is InChI=1S/C16H17FN2O2/c1-20-13-8-11-6-7-19(10-12(11)9-14(13)21-2)16-5-3-4-15(17)18-16/h3-5,8-9H,6-7,10H2,1-2H3. The highest BCUT2D eigenvalue weighted by atomic mass is 19.1. The van der Waals surface area contributed by atoms with Gasteiger partial charge in [0.1, 0.15) is 5.82 Å². The van der Waals surface area contributed by atoms with Crippen LogP contribution in [0.25, 0.3) is 0 Å². The first-order valence-corrected chi connectivity index (χ1v) is 6.82. The van der Waals surface area contributed by atoms with Crippen molar-refractivity contribution in [2.24, 2.45) is 0 Å². The van der Waals surface area contributed by atoms with Crippen LogP contribution in [0.15, 0.2) is 30.3 Å². The van der Waals surface area contributed by atoms with Gasteiger partial charge in [-0.3, -0.25) is 0 Å². The zero-order valence-corrected chi connectivity index (χ0v) is 12.1. The highest BCUT2D eigenvalue weighted by Gasteiger charge is 2.20. The number of rotatable bonds is 3. The third kappa shape index (κ3) is 2.63. The topological polar surface area (TPSA) is 34.6 Å². The summed E-state index contributed by atoms with van der Waals surface area (Å²) in [5, 5.41) is 0. The second-order valence-corrected chi connectivity index (χ2v) is 4.97. The molecule has 5 heteroatoms. The van der Waals surface area contributed by atoms with E-state index in [1.54, 1.807) is 20.3 Å². The van der Waals surface area contributed by atoms with Gasteiger partial charge in [-0.05, 0) is 41.8 Å². The Kier molecular flexibility index (Phi) is 3.64. The van der Waals surface area contributed by atoms with E-state index in [1.807, 2.05) is 18.2 Å². The molecule has 110 valence electrons. The lowest BCUT2D eigenvalue weighted by Crippen LogP contribution is -2.31. The SMILES string of the molecule is COc1cc2c(cc1OC)CN(c1cccc(F)n1)CC2. The number of nitrogens with zero attached hydrogens (tertiary/aromatic N) is 2. The molecule has 4 nitrogen and oxygen atoms in total.